The van der Waals surface area contributed by atoms with Crippen LogP contribution in [0.25, 0.3) is 0 Å². The van der Waals surface area contributed by atoms with Crippen LogP contribution in [0.3, 0.4) is 0 Å². The first kappa shape index (κ1) is 10.1. The second-order valence-electron chi connectivity index (χ2n) is 4.05. The van der Waals surface area contributed by atoms with Gasteiger partial charge in [0.1, 0.15) is 5.82 Å². The van der Waals surface area contributed by atoms with Crippen LogP contribution in [-0.4, -0.2) is 32.8 Å². The summed E-state index contributed by atoms with van der Waals surface area (Å²) in [6.07, 6.45) is 0.611. The summed E-state index contributed by atoms with van der Waals surface area (Å²) >= 11 is 0. The molecule has 6 nitrogen and oxygen atoms in total. The first-order valence-corrected chi connectivity index (χ1v) is 4.91. The van der Waals surface area contributed by atoms with E-state index in [0.29, 0.717) is 24.6 Å². The number of aromatic amines is 1. The number of nitrogens with zero attached hydrogens (tertiary/aromatic N) is 2. The summed E-state index contributed by atoms with van der Waals surface area (Å²) in [5.41, 5.74) is -0.656. The van der Waals surface area contributed by atoms with E-state index in [4.69, 9.17) is 5.11 Å². The molecule has 0 saturated carbocycles. The summed E-state index contributed by atoms with van der Waals surface area (Å²) in [6.45, 7) is 4.31. The van der Waals surface area contributed by atoms with Gasteiger partial charge >= 0.3 is 5.97 Å². The lowest BCUT2D eigenvalue weighted by atomic mass is 9.87. The summed E-state index contributed by atoms with van der Waals surface area (Å²) in [4.78, 5) is 15.3. The maximum absolute atomic E-state index is 11.1. The molecule has 2 heterocycles. The summed E-state index contributed by atoms with van der Waals surface area (Å²) in [7, 11) is 0. The third-order valence-electron chi connectivity index (χ3n) is 2.98. The van der Waals surface area contributed by atoms with Gasteiger partial charge in [0.25, 0.3) is 0 Å². The van der Waals surface area contributed by atoms with Gasteiger partial charge in [0.05, 0.1) is 11.5 Å². The van der Waals surface area contributed by atoms with Gasteiger partial charge < -0.3 is 10.4 Å². The Balaban J connectivity index is 2.36. The average Bonchev–Trinajstić information content (AvgIpc) is 2.72. The number of carboxylic acid groups (broad SMARTS) is 1. The fourth-order valence-electron chi connectivity index (χ4n) is 2.07. The molecule has 2 atom stereocenters. The first-order valence-electron chi connectivity index (χ1n) is 4.91. The van der Waals surface area contributed by atoms with Crippen molar-refractivity contribution < 1.29 is 9.90 Å². The van der Waals surface area contributed by atoms with E-state index < -0.39 is 17.4 Å². The zero-order valence-electron chi connectivity index (χ0n) is 8.74. The Hall–Kier alpha value is -1.43. The zero-order valence-corrected chi connectivity index (χ0v) is 8.74. The zero-order chi connectivity index (χ0) is 11.1. The number of aryl methyl sites for hydroxylation is 1. The van der Waals surface area contributed by atoms with E-state index >= 15 is 0 Å². The van der Waals surface area contributed by atoms with Crippen molar-refractivity contribution in [1.82, 2.24) is 20.5 Å². The number of rotatable bonds is 2. The minimum Gasteiger partial charge on any atom is -0.481 e. The largest absolute Gasteiger partial charge is 0.481 e. The van der Waals surface area contributed by atoms with Crippen LogP contribution >= 0.6 is 0 Å². The number of hydrogen-bond acceptors (Lipinski definition) is 4. The Morgan fingerprint density at radius 1 is 1.67 bits per heavy atom. The van der Waals surface area contributed by atoms with Gasteiger partial charge in [-0.25, -0.2) is 4.98 Å². The Kier molecular flexibility index (Phi) is 2.22. The molecule has 1 aliphatic heterocycles. The van der Waals surface area contributed by atoms with Crippen LogP contribution in [0.4, 0.5) is 0 Å². The second-order valence-corrected chi connectivity index (χ2v) is 4.05. The molecule has 1 saturated heterocycles. The highest BCUT2D eigenvalue weighted by Crippen LogP contribution is 2.34. The van der Waals surface area contributed by atoms with Gasteiger partial charge in [-0.1, -0.05) is 0 Å². The predicted molar refractivity (Wildman–Crippen MR) is 52.2 cm³/mol. The van der Waals surface area contributed by atoms with E-state index in [1.54, 1.807) is 6.92 Å². The van der Waals surface area contributed by atoms with Crippen molar-refractivity contribution in [3.8, 4) is 0 Å². The van der Waals surface area contributed by atoms with Gasteiger partial charge in [0.15, 0.2) is 5.82 Å². The minimum absolute atomic E-state index is 0.465. The second kappa shape index (κ2) is 3.30. The van der Waals surface area contributed by atoms with Gasteiger partial charge in [-0.05, 0) is 26.8 Å². The number of nitrogens with one attached hydrogen (secondary N) is 2. The van der Waals surface area contributed by atoms with E-state index in [0.717, 1.165) is 0 Å². The molecule has 1 fully saturated rings. The standard InChI is InChI=1S/C9H14N4O2/c1-5-11-8(13-12-5)9(2)6(7(14)15)3-4-10-9/h6,10H,3-4H2,1-2H3,(H,14,15)(H,11,12,13). The summed E-state index contributed by atoms with van der Waals surface area (Å²) in [5, 5.41) is 19.1. The number of hydrogen-bond donors (Lipinski definition) is 3. The maximum Gasteiger partial charge on any atom is 0.308 e. The molecule has 1 aromatic rings. The summed E-state index contributed by atoms with van der Waals surface area (Å²) in [6, 6.07) is 0. The lowest BCUT2D eigenvalue weighted by Gasteiger charge is -2.25. The van der Waals surface area contributed by atoms with Crippen molar-refractivity contribution in [2.45, 2.75) is 25.8 Å². The van der Waals surface area contributed by atoms with Gasteiger partial charge in [0.2, 0.25) is 0 Å². The summed E-state index contributed by atoms with van der Waals surface area (Å²) < 4.78 is 0. The molecule has 0 amide bonds. The molecule has 1 aliphatic rings. The highest BCUT2D eigenvalue weighted by molar-refractivity contribution is 5.72. The predicted octanol–water partition coefficient (Wildman–Crippen LogP) is 0.0224. The van der Waals surface area contributed by atoms with Gasteiger partial charge in [0, 0.05) is 0 Å². The highest BCUT2D eigenvalue weighted by atomic mass is 16.4. The van der Waals surface area contributed by atoms with Crippen molar-refractivity contribution in [1.29, 1.82) is 0 Å². The topological polar surface area (TPSA) is 90.9 Å². The lowest BCUT2D eigenvalue weighted by Crippen LogP contribution is -2.42. The molecule has 0 aromatic carbocycles. The van der Waals surface area contributed by atoms with E-state index in [-0.39, 0.29) is 0 Å². The average molecular weight is 210 g/mol. The smallest absolute Gasteiger partial charge is 0.308 e. The molecule has 6 heteroatoms. The Bertz CT molecular complexity index is 389. The van der Waals surface area contributed by atoms with Crippen molar-refractivity contribution in [3.05, 3.63) is 11.6 Å². The highest BCUT2D eigenvalue weighted by Gasteiger charge is 2.47. The number of aliphatic carboxylic acids is 1. The molecule has 2 rings (SSSR count). The van der Waals surface area contributed by atoms with E-state index in [1.165, 1.54) is 0 Å². The molecule has 15 heavy (non-hydrogen) atoms. The Labute approximate surface area is 87.1 Å². The lowest BCUT2D eigenvalue weighted by molar-refractivity contribution is -0.143. The van der Waals surface area contributed by atoms with Crippen molar-refractivity contribution in [3.63, 3.8) is 0 Å². The Morgan fingerprint density at radius 3 is 2.93 bits per heavy atom. The monoisotopic (exact) mass is 210 g/mol. The SMILES string of the molecule is Cc1nc(C2(C)NCCC2C(=O)O)n[nH]1. The maximum atomic E-state index is 11.1. The number of aromatic nitrogens is 3. The van der Waals surface area contributed by atoms with Gasteiger partial charge in [-0.3, -0.25) is 9.89 Å². The molecule has 82 valence electrons. The third-order valence-corrected chi connectivity index (χ3v) is 2.98. The number of H-pyrrole nitrogens is 1. The Morgan fingerprint density at radius 2 is 2.40 bits per heavy atom. The van der Waals surface area contributed by atoms with E-state index in [2.05, 4.69) is 20.5 Å². The normalized spacial score (nSPS) is 30.7. The van der Waals surface area contributed by atoms with Crippen LogP contribution in [0.2, 0.25) is 0 Å². The van der Waals surface area contributed by atoms with Gasteiger partial charge in [-0.15, -0.1) is 0 Å². The fraction of sp³-hybridized carbons (Fsp3) is 0.667. The van der Waals surface area contributed by atoms with Crippen molar-refractivity contribution in [2.75, 3.05) is 6.54 Å². The molecular weight excluding hydrogens is 196 g/mol. The molecule has 2 unspecified atom stereocenters. The fourth-order valence-corrected chi connectivity index (χ4v) is 2.07. The van der Waals surface area contributed by atoms with Crippen LogP contribution in [0.15, 0.2) is 0 Å². The van der Waals surface area contributed by atoms with Gasteiger partial charge in [-0.2, -0.15) is 5.10 Å². The molecular formula is C9H14N4O2. The first-order chi connectivity index (χ1) is 7.04. The van der Waals surface area contributed by atoms with E-state index in [9.17, 15) is 4.79 Å². The van der Waals surface area contributed by atoms with Crippen molar-refractivity contribution >= 4 is 5.97 Å². The van der Waals surface area contributed by atoms with E-state index in [1.807, 2.05) is 6.92 Å². The molecule has 0 bridgehead atoms. The van der Waals surface area contributed by atoms with Crippen LogP contribution in [0.5, 0.6) is 0 Å². The molecule has 3 N–H and O–H groups in total. The third kappa shape index (κ3) is 1.50. The van der Waals surface area contributed by atoms with Crippen LogP contribution in [0, 0.1) is 12.8 Å². The molecule has 0 aliphatic carbocycles. The molecule has 1 aromatic heterocycles. The molecule has 0 radical (unpaired) electrons. The number of carbonyl (C=O) groups is 1. The van der Waals surface area contributed by atoms with Crippen molar-refractivity contribution in [2.24, 2.45) is 5.92 Å². The van der Waals surface area contributed by atoms with Crippen LogP contribution in [-0.2, 0) is 10.3 Å². The molecule has 0 spiro atoms. The van der Waals surface area contributed by atoms with Crippen LogP contribution in [0.1, 0.15) is 25.0 Å². The minimum atomic E-state index is -0.801. The number of carboxylic acids is 1. The van der Waals surface area contributed by atoms with Crippen LogP contribution < -0.4 is 5.32 Å². The summed E-state index contributed by atoms with van der Waals surface area (Å²) in [5.74, 6) is -0.0355. The quantitative estimate of drug-likeness (QED) is 0.640.